The number of nitrogens with one attached hydrogen (secondary N) is 1. The molecule has 112 valence electrons. The van der Waals surface area contributed by atoms with Crippen LogP contribution < -0.4 is 5.32 Å². The first kappa shape index (κ1) is 15.7. The van der Waals surface area contributed by atoms with E-state index in [9.17, 15) is 14.3 Å². The number of hydrogen-bond acceptors (Lipinski definition) is 6. The van der Waals surface area contributed by atoms with Gasteiger partial charge >= 0.3 is 5.97 Å². The fraction of sp³-hybridized carbons (Fsp3) is 0.231. The number of carbonyl (C=O) groups is 1. The van der Waals surface area contributed by atoms with E-state index in [1.807, 2.05) is 0 Å². The highest BCUT2D eigenvalue weighted by Crippen LogP contribution is 2.28. The third kappa shape index (κ3) is 3.90. The number of anilines is 1. The Morgan fingerprint density at radius 1 is 1.52 bits per heavy atom. The molecule has 21 heavy (non-hydrogen) atoms. The molecule has 0 radical (unpaired) electrons. The summed E-state index contributed by atoms with van der Waals surface area (Å²) in [5.41, 5.74) is 0.569. The van der Waals surface area contributed by atoms with E-state index in [1.165, 1.54) is 31.4 Å². The number of aromatic nitrogens is 1. The molecule has 5 nitrogen and oxygen atoms in total. The van der Waals surface area contributed by atoms with Gasteiger partial charge in [-0.2, -0.15) is 0 Å². The highest BCUT2D eigenvalue weighted by Gasteiger charge is 2.17. The standard InChI is InChI=1S/C13H12ClFN2O3S/c1-20-12(19)10-11(14)17-13(21-10)16-6-9(18)7-2-4-8(15)5-3-7/h2-5,9,18H,6H2,1H3,(H,16,17)/t9-/m1/s1. The normalized spacial score (nSPS) is 12.0. The van der Waals surface area contributed by atoms with E-state index in [-0.39, 0.29) is 22.4 Å². The molecule has 2 aromatic rings. The van der Waals surface area contributed by atoms with Gasteiger partial charge in [0.15, 0.2) is 15.2 Å². The van der Waals surface area contributed by atoms with Crippen LogP contribution in [0.5, 0.6) is 0 Å². The van der Waals surface area contributed by atoms with Crippen LogP contribution in [-0.4, -0.2) is 29.7 Å². The van der Waals surface area contributed by atoms with Crippen molar-refractivity contribution in [1.29, 1.82) is 0 Å². The Balaban J connectivity index is 1.99. The second-order valence-electron chi connectivity index (χ2n) is 4.08. The molecule has 1 heterocycles. The van der Waals surface area contributed by atoms with E-state index < -0.39 is 12.1 Å². The number of esters is 1. The van der Waals surface area contributed by atoms with Gasteiger partial charge in [-0.15, -0.1) is 0 Å². The van der Waals surface area contributed by atoms with Gasteiger partial charge in [0.2, 0.25) is 0 Å². The first-order valence-electron chi connectivity index (χ1n) is 5.93. The maximum Gasteiger partial charge on any atom is 0.351 e. The Hall–Kier alpha value is -1.70. The summed E-state index contributed by atoms with van der Waals surface area (Å²) in [6, 6.07) is 5.54. The Bertz CT molecular complexity index is 633. The number of nitrogens with zero attached hydrogens (tertiary/aromatic N) is 1. The van der Waals surface area contributed by atoms with Crippen LogP contribution in [0.2, 0.25) is 5.15 Å². The highest BCUT2D eigenvalue weighted by molar-refractivity contribution is 7.18. The Morgan fingerprint density at radius 2 is 2.19 bits per heavy atom. The summed E-state index contributed by atoms with van der Waals surface area (Å²) in [7, 11) is 1.25. The molecule has 0 fully saturated rings. The van der Waals surface area contributed by atoms with Crippen molar-refractivity contribution in [3.63, 3.8) is 0 Å². The molecule has 0 saturated heterocycles. The van der Waals surface area contributed by atoms with E-state index in [2.05, 4.69) is 15.0 Å². The summed E-state index contributed by atoms with van der Waals surface area (Å²) >= 11 is 6.85. The summed E-state index contributed by atoms with van der Waals surface area (Å²) in [6.45, 7) is 0.149. The number of hydrogen-bond donors (Lipinski definition) is 2. The molecule has 1 atom stereocenters. The van der Waals surface area contributed by atoms with Gasteiger partial charge in [0.25, 0.3) is 0 Å². The maximum atomic E-state index is 12.8. The van der Waals surface area contributed by atoms with Crippen molar-refractivity contribution < 1.29 is 19.0 Å². The van der Waals surface area contributed by atoms with E-state index in [4.69, 9.17) is 11.6 Å². The lowest BCUT2D eigenvalue weighted by molar-refractivity contribution is 0.0606. The second kappa shape index (κ2) is 6.84. The average molecular weight is 331 g/mol. The smallest absolute Gasteiger partial charge is 0.351 e. The zero-order valence-corrected chi connectivity index (χ0v) is 12.5. The predicted octanol–water partition coefficient (Wildman–Crippen LogP) is 2.87. The van der Waals surface area contributed by atoms with Crippen LogP contribution >= 0.6 is 22.9 Å². The second-order valence-corrected chi connectivity index (χ2v) is 5.44. The number of carbonyl (C=O) groups excluding carboxylic acids is 1. The van der Waals surface area contributed by atoms with Crippen LogP contribution in [0.15, 0.2) is 24.3 Å². The zero-order chi connectivity index (χ0) is 15.4. The molecule has 8 heteroatoms. The number of ether oxygens (including phenoxy) is 1. The molecule has 1 aromatic carbocycles. The van der Waals surface area contributed by atoms with Crippen molar-refractivity contribution in [3.05, 3.63) is 45.7 Å². The van der Waals surface area contributed by atoms with Crippen LogP contribution in [0.25, 0.3) is 0 Å². The lowest BCUT2D eigenvalue weighted by Gasteiger charge is -2.11. The average Bonchev–Trinajstić information content (AvgIpc) is 2.86. The number of rotatable bonds is 5. The van der Waals surface area contributed by atoms with Crippen molar-refractivity contribution in [2.45, 2.75) is 6.10 Å². The minimum absolute atomic E-state index is 0.0469. The lowest BCUT2D eigenvalue weighted by atomic mass is 10.1. The van der Waals surface area contributed by atoms with Gasteiger partial charge in [-0.1, -0.05) is 35.1 Å². The lowest BCUT2D eigenvalue weighted by Crippen LogP contribution is -2.11. The van der Waals surface area contributed by atoms with Gasteiger partial charge in [0.1, 0.15) is 5.82 Å². The molecule has 0 aliphatic carbocycles. The summed E-state index contributed by atoms with van der Waals surface area (Å²) < 4.78 is 17.4. The number of aliphatic hydroxyl groups excluding tert-OH is 1. The minimum atomic E-state index is -0.838. The largest absolute Gasteiger partial charge is 0.465 e. The van der Waals surface area contributed by atoms with Crippen molar-refractivity contribution in [3.8, 4) is 0 Å². The Labute approximate surface area is 129 Å². The minimum Gasteiger partial charge on any atom is -0.465 e. The number of thiazole rings is 1. The van der Waals surface area contributed by atoms with Crippen LogP contribution in [0.1, 0.15) is 21.3 Å². The molecule has 2 rings (SSSR count). The SMILES string of the molecule is COC(=O)c1sc(NC[C@@H](O)c2ccc(F)cc2)nc1Cl. The summed E-state index contributed by atoms with van der Waals surface area (Å²) in [5, 5.41) is 13.3. The van der Waals surface area contributed by atoms with Gasteiger partial charge < -0.3 is 15.2 Å². The fourth-order valence-electron chi connectivity index (χ4n) is 1.58. The molecule has 0 aliphatic heterocycles. The molecule has 0 amide bonds. The van der Waals surface area contributed by atoms with Crippen molar-refractivity contribution in [2.75, 3.05) is 19.0 Å². The quantitative estimate of drug-likeness (QED) is 0.825. The fourth-order valence-corrected chi connectivity index (χ4v) is 2.69. The van der Waals surface area contributed by atoms with Crippen molar-refractivity contribution in [2.24, 2.45) is 0 Å². The van der Waals surface area contributed by atoms with E-state index in [0.717, 1.165) is 11.3 Å². The van der Waals surface area contributed by atoms with Gasteiger partial charge in [0.05, 0.1) is 13.2 Å². The summed E-state index contributed by atoms with van der Waals surface area (Å²) in [5.74, 6) is -0.932. The third-order valence-corrected chi connectivity index (χ3v) is 4.04. The van der Waals surface area contributed by atoms with Crippen LogP contribution in [0, 0.1) is 5.82 Å². The number of benzene rings is 1. The summed E-state index contributed by atoms with van der Waals surface area (Å²) in [4.78, 5) is 15.5. The van der Waals surface area contributed by atoms with Gasteiger partial charge in [-0.05, 0) is 17.7 Å². The molecule has 0 saturated carbocycles. The molecule has 0 bridgehead atoms. The van der Waals surface area contributed by atoms with E-state index in [1.54, 1.807) is 0 Å². The highest BCUT2D eigenvalue weighted by atomic mass is 35.5. The van der Waals surface area contributed by atoms with Gasteiger partial charge in [-0.25, -0.2) is 14.2 Å². The maximum absolute atomic E-state index is 12.8. The topological polar surface area (TPSA) is 71.5 Å². The predicted molar refractivity (Wildman–Crippen MR) is 78.3 cm³/mol. The van der Waals surface area contributed by atoms with Gasteiger partial charge in [0, 0.05) is 6.54 Å². The monoisotopic (exact) mass is 330 g/mol. The summed E-state index contributed by atoms with van der Waals surface area (Å²) in [6.07, 6.45) is -0.838. The first-order chi connectivity index (χ1) is 10.0. The Kier molecular flexibility index (Phi) is 5.11. The van der Waals surface area contributed by atoms with Crippen molar-refractivity contribution >= 4 is 34.0 Å². The molecule has 0 spiro atoms. The molecule has 0 unspecified atom stereocenters. The Morgan fingerprint density at radius 3 is 2.81 bits per heavy atom. The van der Waals surface area contributed by atoms with Crippen LogP contribution in [0.4, 0.5) is 9.52 Å². The molecular weight excluding hydrogens is 319 g/mol. The molecule has 0 aliphatic rings. The first-order valence-corrected chi connectivity index (χ1v) is 7.12. The van der Waals surface area contributed by atoms with E-state index in [0.29, 0.717) is 10.7 Å². The molecule has 1 aromatic heterocycles. The van der Waals surface area contributed by atoms with E-state index >= 15 is 0 Å². The molecule has 2 N–H and O–H groups in total. The number of methoxy groups -OCH3 is 1. The zero-order valence-electron chi connectivity index (χ0n) is 11.0. The third-order valence-electron chi connectivity index (χ3n) is 2.66. The number of aliphatic hydroxyl groups is 1. The number of halogens is 2. The van der Waals surface area contributed by atoms with Crippen molar-refractivity contribution in [1.82, 2.24) is 4.98 Å². The molecular formula is C13H12ClFN2O3S. The van der Waals surface area contributed by atoms with Crippen LogP contribution in [0.3, 0.4) is 0 Å². The van der Waals surface area contributed by atoms with Crippen LogP contribution in [-0.2, 0) is 4.74 Å². The van der Waals surface area contributed by atoms with Gasteiger partial charge in [-0.3, -0.25) is 0 Å².